The van der Waals surface area contributed by atoms with E-state index in [-0.39, 0.29) is 11.8 Å². The molecule has 2 rings (SSSR count). The van der Waals surface area contributed by atoms with Crippen molar-refractivity contribution < 1.29 is 19.8 Å². The normalized spacial score (nSPS) is 11.6. The van der Waals surface area contributed by atoms with Crippen LogP contribution in [0.25, 0.3) is 5.57 Å². The van der Waals surface area contributed by atoms with Gasteiger partial charge >= 0.3 is 11.9 Å². The van der Waals surface area contributed by atoms with Gasteiger partial charge in [-0.3, -0.25) is 0 Å². The second-order valence-corrected chi connectivity index (χ2v) is 6.76. The Morgan fingerprint density at radius 2 is 1.19 bits per heavy atom. The molecule has 0 saturated heterocycles. The standard InChI is InChI=1S/C23H24O4/c1-15(2)16(3)19(21(22(24)25)23(26)27)14-20(17-10-6-4-7-11-17)18-12-8-5-9-13-18/h4-16H,1-3H3,(H,24,25)(H,26,27). The van der Waals surface area contributed by atoms with Crippen molar-refractivity contribution in [2.24, 2.45) is 11.8 Å². The summed E-state index contributed by atoms with van der Waals surface area (Å²) in [6.07, 6.45) is 1.72. The number of carboxylic acids is 2. The van der Waals surface area contributed by atoms with E-state index >= 15 is 0 Å². The van der Waals surface area contributed by atoms with Crippen LogP contribution in [-0.2, 0) is 9.59 Å². The van der Waals surface area contributed by atoms with Crippen LogP contribution in [0, 0.1) is 11.8 Å². The smallest absolute Gasteiger partial charge is 0.343 e. The summed E-state index contributed by atoms with van der Waals surface area (Å²) in [4.78, 5) is 23.4. The SMILES string of the molecule is CC(C)C(C)C(C=C(c1ccccc1)c1ccccc1)=C(C(=O)O)C(=O)O. The lowest BCUT2D eigenvalue weighted by atomic mass is 9.84. The first-order chi connectivity index (χ1) is 12.8. The van der Waals surface area contributed by atoms with Crippen molar-refractivity contribution in [3.05, 3.63) is 89.0 Å². The largest absolute Gasteiger partial charge is 0.477 e. The Balaban J connectivity index is 2.81. The minimum atomic E-state index is -1.43. The van der Waals surface area contributed by atoms with E-state index in [1.165, 1.54) is 0 Å². The molecule has 27 heavy (non-hydrogen) atoms. The van der Waals surface area contributed by atoms with Gasteiger partial charge in [0.1, 0.15) is 5.57 Å². The Bertz CT molecular complexity index is 804. The molecule has 140 valence electrons. The zero-order valence-corrected chi connectivity index (χ0v) is 15.7. The van der Waals surface area contributed by atoms with Crippen LogP contribution in [0.3, 0.4) is 0 Å². The summed E-state index contributed by atoms with van der Waals surface area (Å²) < 4.78 is 0. The Kier molecular flexibility index (Phi) is 6.72. The highest BCUT2D eigenvalue weighted by molar-refractivity contribution is 6.14. The van der Waals surface area contributed by atoms with Gasteiger partial charge in [0, 0.05) is 0 Å². The van der Waals surface area contributed by atoms with Gasteiger partial charge in [-0.15, -0.1) is 0 Å². The molecule has 1 unspecified atom stereocenters. The minimum absolute atomic E-state index is 0.0812. The fourth-order valence-corrected chi connectivity index (χ4v) is 2.85. The van der Waals surface area contributed by atoms with E-state index < -0.39 is 17.5 Å². The average molecular weight is 364 g/mol. The molecular formula is C23H24O4. The number of hydrogen-bond acceptors (Lipinski definition) is 2. The molecule has 4 heteroatoms. The van der Waals surface area contributed by atoms with Gasteiger partial charge < -0.3 is 10.2 Å². The van der Waals surface area contributed by atoms with Crippen LogP contribution in [0.1, 0.15) is 31.9 Å². The van der Waals surface area contributed by atoms with E-state index in [9.17, 15) is 19.8 Å². The maximum absolute atomic E-state index is 11.7. The number of rotatable bonds is 7. The fraction of sp³-hybridized carbons (Fsp3) is 0.217. The third-order valence-corrected chi connectivity index (χ3v) is 4.68. The van der Waals surface area contributed by atoms with Crippen LogP contribution in [0.2, 0.25) is 0 Å². The highest BCUT2D eigenvalue weighted by Crippen LogP contribution is 2.31. The monoisotopic (exact) mass is 364 g/mol. The third kappa shape index (κ3) is 4.94. The number of aliphatic carboxylic acids is 2. The van der Waals surface area contributed by atoms with Crippen LogP contribution in [0.5, 0.6) is 0 Å². The highest BCUT2D eigenvalue weighted by Gasteiger charge is 2.26. The molecule has 0 fully saturated rings. The van der Waals surface area contributed by atoms with E-state index in [0.717, 1.165) is 16.7 Å². The molecule has 1 atom stereocenters. The van der Waals surface area contributed by atoms with Gasteiger partial charge in [-0.2, -0.15) is 0 Å². The van der Waals surface area contributed by atoms with Crippen LogP contribution in [-0.4, -0.2) is 22.2 Å². The summed E-state index contributed by atoms with van der Waals surface area (Å²) in [5, 5.41) is 19.1. The first kappa shape index (κ1) is 20.2. The van der Waals surface area contributed by atoms with Gasteiger partial charge in [0.25, 0.3) is 0 Å². The Hall–Kier alpha value is -3.14. The molecule has 0 aromatic heterocycles. The van der Waals surface area contributed by atoms with Crippen LogP contribution in [0.15, 0.2) is 77.9 Å². The Morgan fingerprint density at radius 3 is 1.52 bits per heavy atom. The second-order valence-electron chi connectivity index (χ2n) is 6.76. The fourth-order valence-electron chi connectivity index (χ4n) is 2.85. The lowest BCUT2D eigenvalue weighted by Gasteiger charge is -2.20. The lowest BCUT2D eigenvalue weighted by molar-refractivity contribution is -0.140. The van der Waals surface area contributed by atoms with E-state index in [1.54, 1.807) is 6.08 Å². The van der Waals surface area contributed by atoms with E-state index in [1.807, 2.05) is 81.4 Å². The molecule has 0 aliphatic heterocycles. The first-order valence-electron chi connectivity index (χ1n) is 8.86. The van der Waals surface area contributed by atoms with Crippen molar-refractivity contribution in [2.75, 3.05) is 0 Å². The first-order valence-corrected chi connectivity index (χ1v) is 8.86. The van der Waals surface area contributed by atoms with Gasteiger partial charge in [-0.1, -0.05) is 81.4 Å². The quantitative estimate of drug-likeness (QED) is 0.318. The van der Waals surface area contributed by atoms with Crippen LogP contribution in [0.4, 0.5) is 0 Å². The Morgan fingerprint density at radius 1 is 0.778 bits per heavy atom. The maximum atomic E-state index is 11.7. The van der Waals surface area contributed by atoms with Gasteiger partial charge in [-0.25, -0.2) is 9.59 Å². The zero-order valence-electron chi connectivity index (χ0n) is 15.7. The molecule has 0 amide bonds. The maximum Gasteiger partial charge on any atom is 0.343 e. The number of carbonyl (C=O) groups is 2. The second kappa shape index (κ2) is 8.99. The lowest BCUT2D eigenvalue weighted by Crippen LogP contribution is -2.19. The van der Waals surface area contributed by atoms with Crippen LogP contribution >= 0.6 is 0 Å². The van der Waals surface area contributed by atoms with Crippen molar-refractivity contribution in [1.82, 2.24) is 0 Å². The zero-order chi connectivity index (χ0) is 20.0. The van der Waals surface area contributed by atoms with Crippen molar-refractivity contribution in [3.8, 4) is 0 Å². The van der Waals surface area contributed by atoms with Gasteiger partial charge in [-0.05, 0) is 40.2 Å². The summed E-state index contributed by atoms with van der Waals surface area (Å²) in [5.41, 5.74) is 2.31. The Labute approximate surface area is 159 Å². The molecule has 2 aromatic rings. The van der Waals surface area contributed by atoms with Gasteiger partial charge in [0.05, 0.1) is 0 Å². The van der Waals surface area contributed by atoms with Crippen molar-refractivity contribution in [2.45, 2.75) is 20.8 Å². The molecule has 0 aliphatic carbocycles. The van der Waals surface area contributed by atoms with Crippen molar-refractivity contribution >= 4 is 17.5 Å². The predicted molar refractivity (Wildman–Crippen MR) is 106 cm³/mol. The average Bonchev–Trinajstić information content (AvgIpc) is 2.65. The molecule has 0 heterocycles. The summed E-state index contributed by atoms with van der Waals surface area (Å²) in [6, 6.07) is 19.1. The molecule has 0 aliphatic rings. The topological polar surface area (TPSA) is 74.6 Å². The van der Waals surface area contributed by atoms with E-state index in [0.29, 0.717) is 5.57 Å². The molecule has 0 spiro atoms. The molecule has 0 saturated carbocycles. The van der Waals surface area contributed by atoms with E-state index in [2.05, 4.69) is 0 Å². The van der Waals surface area contributed by atoms with Crippen molar-refractivity contribution in [3.63, 3.8) is 0 Å². The number of benzene rings is 2. The van der Waals surface area contributed by atoms with E-state index in [4.69, 9.17) is 0 Å². The molecule has 4 nitrogen and oxygen atoms in total. The summed E-state index contributed by atoms with van der Waals surface area (Å²) in [6.45, 7) is 5.76. The number of allylic oxidation sites excluding steroid dienone is 2. The molecule has 2 aromatic carbocycles. The number of hydrogen-bond donors (Lipinski definition) is 2. The van der Waals surface area contributed by atoms with Gasteiger partial charge in [0.2, 0.25) is 0 Å². The summed E-state index contributed by atoms with van der Waals surface area (Å²) >= 11 is 0. The number of carboxylic acid groups (broad SMARTS) is 2. The molecule has 2 N–H and O–H groups in total. The highest BCUT2D eigenvalue weighted by atomic mass is 16.4. The molecule has 0 radical (unpaired) electrons. The van der Waals surface area contributed by atoms with Crippen LogP contribution < -0.4 is 0 Å². The minimum Gasteiger partial charge on any atom is -0.477 e. The third-order valence-electron chi connectivity index (χ3n) is 4.68. The predicted octanol–water partition coefficient (Wildman–Crippen LogP) is 4.88. The summed E-state index contributed by atoms with van der Waals surface area (Å²) in [5.74, 6) is -3.02. The molecular weight excluding hydrogens is 340 g/mol. The van der Waals surface area contributed by atoms with Crippen molar-refractivity contribution in [1.29, 1.82) is 0 Å². The van der Waals surface area contributed by atoms with Gasteiger partial charge in [0.15, 0.2) is 0 Å². The summed E-state index contributed by atoms with van der Waals surface area (Å²) in [7, 11) is 0. The molecule has 0 bridgehead atoms.